The van der Waals surface area contributed by atoms with Crippen molar-refractivity contribution in [3.8, 4) is 0 Å². The van der Waals surface area contributed by atoms with Crippen molar-refractivity contribution in [2.75, 3.05) is 33.3 Å². The van der Waals surface area contributed by atoms with E-state index in [1.807, 2.05) is 0 Å². The topological polar surface area (TPSA) is 109 Å². The Morgan fingerprint density at radius 1 is 1.57 bits per heavy atom. The molecule has 0 aromatic heterocycles. The molecule has 1 unspecified atom stereocenters. The van der Waals surface area contributed by atoms with Crippen molar-refractivity contribution in [3.63, 3.8) is 0 Å². The van der Waals surface area contributed by atoms with Crippen LogP contribution in [0.3, 0.4) is 0 Å². The monoisotopic (exact) mass is 415 g/mol. The number of ether oxygens (including phenoxy) is 1. The van der Waals surface area contributed by atoms with Crippen molar-refractivity contribution in [1.29, 1.82) is 0 Å². The Balaban J connectivity index is 2.32. The van der Waals surface area contributed by atoms with E-state index >= 15 is 0 Å². The van der Waals surface area contributed by atoms with Crippen LogP contribution in [0.15, 0.2) is 33.2 Å². The second-order valence-electron chi connectivity index (χ2n) is 6.16. The van der Waals surface area contributed by atoms with Gasteiger partial charge in [-0.1, -0.05) is 18.3 Å². The number of hydrogen-bond donors (Lipinski definition) is 2. The smallest absolute Gasteiger partial charge is 0.337 e. The van der Waals surface area contributed by atoms with E-state index < -0.39 is 36.8 Å². The number of amides is 1. The highest BCUT2D eigenvalue weighted by Gasteiger charge is 2.47. The fourth-order valence-corrected chi connectivity index (χ4v) is 3.49. The van der Waals surface area contributed by atoms with Crippen LogP contribution in [-0.2, 0) is 14.3 Å². The first-order valence-electron chi connectivity index (χ1n) is 8.59. The van der Waals surface area contributed by atoms with Crippen molar-refractivity contribution < 1.29 is 23.1 Å². The quantitative estimate of drug-likeness (QED) is 0.363. The molecule has 0 saturated carbocycles. The van der Waals surface area contributed by atoms with E-state index in [-0.39, 0.29) is 25.3 Å². The lowest BCUT2D eigenvalue weighted by Crippen LogP contribution is -2.45. The molecule has 1 saturated heterocycles. The van der Waals surface area contributed by atoms with E-state index in [1.165, 1.54) is 16.7 Å². The van der Waals surface area contributed by atoms with Crippen LogP contribution >= 0.6 is 11.8 Å². The lowest BCUT2D eigenvalue weighted by molar-refractivity contribution is -0.138. The second-order valence-corrected chi connectivity index (χ2v) is 7.12. The third kappa shape index (κ3) is 5.16. The lowest BCUT2D eigenvalue weighted by Gasteiger charge is -2.27. The van der Waals surface area contributed by atoms with E-state index in [9.17, 15) is 18.4 Å². The standard InChI is InChI=1S/C17H23F2N5O3S/c1-4-27-16(26)10-7-22-14(15(21-3)28-5-2)23-11(10)8-24-9-17(18,19)6-12(24)13(20)25/h5,12H,2,4,6-9H2,1,3H3,(H2,20,25)(H,22,23). The zero-order valence-electron chi connectivity index (χ0n) is 15.7. The number of likely N-dealkylation sites (tertiary alicyclic amines) is 1. The molecule has 1 fully saturated rings. The van der Waals surface area contributed by atoms with Gasteiger partial charge in [0, 0.05) is 25.7 Å². The number of thioether (sulfide) groups is 1. The number of alkyl halides is 2. The largest absolute Gasteiger partial charge is 0.463 e. The van der Waals surface area contributed by atoms with Crippen molar-refractivity contribution >= 4 is 34.5 Å². The van der Waals surface area contributed by atoms with Gasteiger partial charge < -0.3 is 15.8 Å². The van der Waals surface area contributed by atoms with E-state index in [0.717, 1.165) is 0 Å². The van der Waals surface area contributed by atoms with E-state index in [4.69, 9.17) is 10.5 Å². The Morgan fingerprint density at radius 2 is 2.29 bits per heavy atom. The van der Waals surface area contributed by atoms with Gasteiger partial charge in [0.25, 0.3) is 5.92 Å². The summed E-state index contributed by atoms with van der Waals surface area (Å²) in [6.45, 7) is 4.71. The summed E-state index contributed by atoms with van der Waals surface area (Å²) in [5, 5.41) is 5.08. The molecule has 28 heavy (non-hydrogen) atoms. The molecule has 0 bridgehead atoms. The van der Waals surface area contributed by atoms with Crippen molar-refractivity contribution in [3.05, 3.63) is 23.3 Å². The molecule has 0 spiro atoms. The SMILES string of the molecule is C=CSC(=NC)C1=NCC(C(=O)OCC)=C(CN2CC(F)(F)CC2C(N)=O)N1. The summed E-state index contributed by atoms with van der Waals surface area (Å²) in [7, 11) is 1.57. The predicted octanol–water partition coefficient (Wildman–Crippen LogP) is 0.905. The number of hydrogen-bond acceptors (Lipinski definition) is 8. The Morgan fingerprint density at radius 3 is 2.86 bits per heavy atom. The molecule has 0 aromatic rings. The number of rotatable bonds is 7. The minimum absolute atomic E-state index is 0.00130. The molecule has 11 heteroatoms. The average molecular weight is 415 g/mol. The lowest BCUT2D eigenvalue weighted by atomic mass is 10.1. The van der Waals surface area contributed by atoms with Crippen LogP contribution in [0.25, 0.3) is 0 Å². The fraction of sp³-hybridized carbons (Fsp3) is 0.529. The van der Waals surface area contributed by atoms with Gasteiger partial charge in [0.15, 0.2) is 5.84 Å². The Hall–Kier alpha value is -2.27. The maximum Gasteiger partial charge on any atom is 0.337 e. The van der Waals surface area contributed by atoms with Gasteiger partial charge in [0.1, 0.15) is 5.04 Å². The van der Waals surface area contributed by atoms with Crippen LogP contribution in [-0.4, -0.2) is 72.9 Å². The summed E-state index contributed by atoms with van der Waals surface area (Å²) in [6.07, 6.45) is -0.653. The van der Waals surface area contributed by atoms with Crippen LogP contribution in [0, 0.1) is 0 Å². The number of esters is 1. The summed E-state index contributed by atoms with van der Waals surface area (Å²) < 4.78 is 32.8. The molecule has 0 aromatic carbocycles. The van der Waals surface area contributed by atoms with Crippen LogP contribution in [0.1, 0.15) is 13.3 Å². The number of carbonyl (C=O) groups is 2. The van der Waals surface area contributed by atoms with Gasteiger partial charge in [-0.15, -0.1) is 0 Å². The van der Waals surface area contributed by atoms with Crippen LogP contribution < -0.4 is 11.1 Å². The third-order valence-electron chi connectivity index (χ3n) is 4.21. The molecule has 0 radical (unpaired) electrons. The Labute approximate surface area is 166 Å². The zero-order valence-corrected chi connectivity index (χ0v) is 16.5. The molecule has 2 rings (SSSR count). The number of nitrogens with zero attached hydrogens (tertiary/aromatic N) is 3. The maximum atomic E-state index is 13.9. The third-order valence-corrected chi connectivity index (χ3v) is 4.97. The van der Waals surface area contributed by atoms with Crippen LogP contribution in [0.5, 0.6) is 0 Å². The maximum absolute atomic E-state index is 13.9. The minimum Gasteiger partial charge on any atom is -0.463 e. The summed E-state index contributed by atoms with van der Waals surface area (Å²) in [5.74, 6) is -4.08. The molecule has 2 aliphatic heterocycles. The number of carbonyl (C=O) groups excluding carboxylic acids is 2. The minimum atomic E-state index is -3.04. The van der Waals surface area contributed by atoms with Gasteiger partial charge in [-0.05, 0) is 12.3 Å². The molecule has 2 heterocycles. The molecule has 1 atom stereocenters. The highest BCUT2D eigenvalue weighted by Crippen LogP contribution is 2.32. The van der Waals surface area contributed by atoms with Gasteiger partial charge in [0.05, 0.1) is 31.3 Å². The number of amidine groups is 1. The normalized spacial score (nSPS) is 22.5. The summed E-state index contributed by atoms with van der Waals surface area (Å²) in [5.41, 5.74) is 5.84. The van der Waals surface area contributed by atoms with Gasteiger partial charge in [-0.3, -0.25) is 19.7 Å². The molecular formula is C17H23F2N5O3S. The van der Waals surface area contributed by atoms with Crippen LogP contribution in [0.2, 0.25) is 0 Å². The summed E-state index contributed by atoms with van der Waals surface area (Å²) in [6, 6.07) is -1.13. The molecule has 2 aliphatic rings. The molecule has 1 amide bonds. The molecule has 8 nitrogen and oxygen atoms in total. The van der Waals surface area contributed by atoms with Crippen LogP contribution in [0.4, 0.5) is 8.78 Å². The van der Waals surface area contributed by atoms with E-state index in [0.29, 0.717) is 16.6 Å². The van der Waals surface area contributed by atoms with Crippen molar-refractivity contribution in [1.82, 2.24) is 10.2 Å². The predicted molar refractivity (Wildman–Crippen MR) is 104 cm³/mol. The first-order valence-corrected chi connectivity index (χ1v) is 9.46. The number of nitrogens with one attached hydrogen (secondary N) is 1. The Bertz CT molecular complexity index is 751. The zero-order chi connectivity index (χ0) is 20.9. The first kappa shape index (κ1) is 22.0. The Kier molecular flexibility index (Phi) is 7.30. The van der Waals surface area contributed by atoms with Gasteiger partial charge in [-0.2, -0.15) is 0 Å². The highest BCUT2D eigenvalue weighted by molar-refractivity contribution is 8.18. The molecule has 0 aliphatic carbocycles. The van der Waals surface area contributed by atoms with Gasteiger partial charge in [-0.25, -0.2) is 13.6 Å². The number of halogens is 2. The van der Waals surface area contributed by atoms with E-state index in [2.05, 4.69) is 21.9 Å². The van der Waals surface area contributed by atoms with E-state index in [1.54, 1.807) is 19.4 Å². The van der Waals surface area contributed by atoms with Gasteiger partial charge >= 0.3 is 5.97 Å². The highest BCUT2D eigenvalue weighted by atomic mass is 32.2. The first-order chi connectivity index (χ1) is 13.2. The number of primary amides is 1. The second kappa shape index (κ2) is 9.28. The molecular weight excluding hydrogens is 392 g/mol. The van der Waals surface area contributed by atoms with Gasteiger partial charge in [0.2, 0.25) is 5.91 Å². The van der Waals surface area contributed by atoms with Crippen molar-refractivity contribution in [2.24, 2.45) is 15.7 Å². The fourth-order valence-electron chi connectivity index (χ4n) is 3.00. The number of aliphatic imine (C=N–C) groups is 2. The summed E-state index contributed by atoms with van der Waals surface area (Å²) >= 11 is 1.23. The van der Waals surface area contributed by atoms with Crippen molar-refractivity contribution in [2.45, 2.75) is 25.3 Å². The molecule has 3 N–H and O–H groups in total. The number of nitrogens with two attached hydrogens (primary N) is 1. The average Bonchev–Trinajstić information content (AvgIpc) is 2.94. The molecule has 154 valence electrons. The summed E-state index contributed by atoms with van der Waals surface area (Å²) in [4.78, 5) is 33.6.